The zero-order chi connectivity index (χ0) is 13.9. The van der Waals surface area contributed by atoms with Crippen LogP contribution in [0.2, 0.25) is 0 Å². The van der Waals surface area contributed by atoms with Crippen molar-refractivity contribution in [2.24, 2.45) is 5.73 Å². The van der Waals surface area contributed by atoms with E-state index in [1.54, 1.807) is 0 Å². The fourth-order valence-corrected chi connectivity index (χ4v) is 2.72. The Labute approximate surface area is 117 Å². The van der Waals surface area contributed by atoms with Gasteiger partial charge >= 0.3 is 0 Å². The molecule has 20 heavy (non-hydrogen) atoms. The van der Waals surface area contributed by atoms with Gasteiger partial charge in [0.1, 0.15) is 5.75 Å². The highest BCUT2D eigenvalue weighted by Crippen LogP contribution is 2.37. The van der Waals surface area contributed by atoms with Gasteiger partial charge in [0.05, 0.1) is 19.2 Å². The highest BCUT2D eigenvalue weighted by atomic mass is 16.5. The first kappa shape index (κ1) is 12.9. The molecule has 3 rings (SSSR count). The average Bonchev–Trinajstić information content (AvgIpc) is 2.69. The van der Waals surface area contributed by atoms with Crippen LogP contribution < -0.4 is 15.8 Å². The smallest absolute Gasteiger partial charge is 0.234 e. The molecule has 0 fully saturated rings. The summed E-state index contributed by atoms with van der Waals surface area (Å²) >= 11 is 0. The first-order valence-electron chi connectivity index (χ1n) is 6.93. The molecule has 4 heteroatoms. The van der Waals surface area contributed by atoms with Gasteiger partial charge in [-0.1, -0.05) is 36.4 Å². The SMILES string of the molecule is NCC(=O)NC1CCCOc2c1ccc1ccccc21. The Morgan fingerprint density at radius 1 is 1.30 bits per heavy atom. The van der Waals surface area contributed by atoms with Crippen LogP contribution >= 0.6 is 0 Å². The van der Waals surface area contributed by atoms with Gasteiger partial charge in [-0.3, -0.25) is 4.79 Å². The number of amides is 1. The van der Waals surface area contributed by atoms with Crippen molar-refractivity contribution in [3.05, 3.63) is 42.0 Å². The third kappa shape index (κ3) is 2.34. The summed E-state index contributed by atoms with van der Waals surface area (Å²) in [5.74, 6) is 0.763. The maximum atomic E-state index is 11.6. The molecule has 2 aromatic rings. The lowest BCUT2D eigenvalue weighted by Crippen LogP contribution is -2.33. The van der Waals surface area contributed by atoms with Crippen molar-refractivity contribution in [2.45, 2.75) is 18.9 Å². The molecule has 1 atom stereocenters. The van der Waals surface area contributed by atoms with E-state index in [1.165, 1.54) is 0 Å². The van der Waals surface area contributed by atoms with E-state index in [9.17, 15) is 4.79 Å². The third-order valence-corrected chi connectivity index (χ3v) is 3.69. The van der Waals surface area contributed by atoms with E-state index in [1.807, 2.05) is 18.2 Å². The first-order chi connectivity index (χ1) is 9.79. The predicted molar refractivity (Wildman–Crippen MR) is 78.6 cm³/mol. The molecule has 3 N–H and O–H groups in total. The van der Waals surface area contributed by atoms with Crippen LogP contribution in [0.3, 0.4) is 0 Å². The van der Waals surface area contributed by atoms with Gasteiger partial charge in [-0.2, -0.15) is 0 Å². The fourth-order valence-electron chi connectivity index (χ4n) is 2.72. The molecule has 0 radical (unpaired) electrons. The normalized spacial score (nSPS) is 17.9. The molecule has 0 aromatic heterocycles. The highest BCUT2D eigenvalue weighted by Gasteiger charge is 2.22. The molecule has 104 valence electrons. The number of hydrogen-bond acceptors (Lipinski definition) is 3. The molecule has 0 saturated heterocycles. The lowest BCUT2D eigenvalue weighted by atomic mass is 9.98. The summed E-state index contributed by atoms with van der Waals surface area (Å²) in [5, 5.41) is 5.23. The summed E-state index contributed by atoms with van der Waals surface area (Å²) in [5.41, 5.74) is 6.44. The zero-order valence-electron chi connectivity index (χ0n) is 11.3. The minimum atomic E-state index is -0.129. The minimum absolute atomic E-state index is 0.0142. The standard InChI is InChI=1S/C16H18N2O2/c17-10-15(19)18-14-6-3-9-20-16-12-5-2-1-4-11(12)7-8-13(14)16/h1-2,4-5,7-8,14H,3,6,9-10,17H2,(H,18,19). The van der Waals surface area contributed by atoms with Gasteiger partial charge in [-0.05, 0) is 18.2 Å². The Bertz CT molecular complexity index is 639. The second-order valence-electron chi connectivity index (χ2n) is 5.02. The molecule has 0 spiro atoms. The number of nitrogens with one attached hydrogen (secondary N) is 1. The zero-order valence-corrected chi connectivity index (χ0v) is 11.3. The van der Waals surface area contributed by atoms with Crippen molar-refractivity contribution in [3.63, 3.8) is 0 Å². The van der Waals surface area contributed by atoms with Crippen molar-refractivity contribution in [1.82, 2.24) is 5.32 Å². The highest BCUT2D eigenvalue weighted by molar-refractivity contribution is 5.90. The lowest BCUT2D eigenvalue weighted by molar-refractivity contribution is -0.120. The second-order valence-corrected chi connectivity index (χ2v) is 5.02. The van der Waals surface area contributed by atoms with Crippen LogP contribution in [0.5, 0.6) is 5.75 Å². The number of ether oxygens (including phenoxy) is 1. The van der Waals surface area contributed by atoms with Gasteiger partial charge in [-0.15, -0.1) is 0 Å². The van der Waals surface area contributed by atoms with Gasteiger partial charge in [0.15, 0.2) is 0 Å². The summed E-state index contributed by atoms with van der Waals surface area (Å²) in [4.78, 5) is 11.6. The van der Waals surface area contributed by atoms with Crippen LogP contribution in [0.1, 0.15) is 24.4 Å². The van der Waals surface area contributed by atoms with Gasteiger partial charge in [-0.25, -0.2) is 0 Å². The summed E-state index contributed by atoms with van der Waals surface area (Å²) in [7, 11) is 0. The molecule has 4 nitrogen and oxygen atoms in total. The number of benzene rings is 2. The van der Waals surface area contributed by atoms with Crippen molar-refractivity contribution in [1.29, 1.82) is 0 Å². The van der Waals surface area contributed by atoms with E-state index >= 15 is 0 Å². The number of carbonyl (C=O) groups excluding carboxylic acids is 1. The van der Waals surface area contributed by atoms with Crippen LogP contribution in [0.4, 0.5) is 0 Å². The number of nitrogens with two attached hydrogens (primary N) is 1. The van der Waals surface area contributed by atoms with Crippen molar-refractivity contribution in [3.8, 4) is 5.75 Å². The Kier molecular flexibility index (Phi) is 3.56. The summed E-state index contributed by atoms with van der Waals surface area (Å²) in [6.07, 6.45) is 1.79. The molecule has 1 unspecified atom stereocenters. The number of rotatable bonds is 2. The lowest BCUT2D eigenvalue weighted by Gasteiger charge is -2.19. The quantitative estimate of drug-likeness (QED) is 0.878. The molecule has 1 amide bonds. The molecule has 1 aliphatic heterocycles. The summed E-state index contributed by atoms with van der Waals surface area (Å²) < 4.78 is 5.92. The molecule has 0 bridgehead atoms. The third-order valence-electron chi connectivity index (χ3n) is 3.69. The molecule has 0 saturated carbocycles. The number of fused-ring (bicyclic) bond motifs is 3. The van der Waals surface area contributed by atoms with Gasteiger partial charge < -0.3 is 15.8 Å². The number of hydrogen-bond donors (Lipinski definition) is 2. The molecule has 1 heterocycles. The van der Waals surface area contributed by atoms with E-state index in [0.29, 0.717) is 6.61 Å². The topological polar surface area (TPSA) is 64.4 Å². The van der Waals surface area contributed by atoms with E-state index in [4.69, 9.17) is 10.5 Å². The van der Waals surface area contributed by atoms with Crippen molar-refractivity contribution in [2.75, 3.05) is 13.2 Å². The largest absolute Gasteiger partial charge is 0.493 e. The van der Waals surface area contributed by atoms with E-state index in [-0.39, 0.29) is 18.5 Å². The van der Waals surface area contributed by atoms with E-state index < -0.39 is 0 Å². The minimum Gasteiger partial charge on any atom is -0.493 e. The molecule has 2 aromatic carbocycles. The predicted octanol–water partition coefficient (Wildman–Crippen LogP) is 2.13. The van der Waals surface area contributed by atoms with Crippen LogP contribution in [-0.4, -0.2) is 19.1 Å². The summed E-state index contributed by atoms with van der Waals surface area (Å²) in [6, 6.07) is 12.2. The first-order valence-corrected chi connectivity index (χ1v) is 6.93. The Morgan fingerprint density at radius 2 is 2.15 bits per heavy atom. The number of carbonyl (C=O) groups is 1. The van der Waals surface area contributed by atoms with Gasteiger partial charge in [0.2, 0.25) is 5.91 Å². The van der Waals surface area contributed by atoms with Crippen LogP contribution in [0.15, 0.2) is 36.4 Å². The van der Waals surface area contributed by atoms with Gasteiger partial charge in [0, 0.05) is 10.9 Å². The maximum absolute atomic E-state index is 11.6. The second kappa shape index (κ2) is 5.51. The van der Waals surface area contributed by atoms with Crippen LogP contribution in [-0.2, 0) is 4.79 Å². The fraction of sp³-hybridized carbons (Fsp3) is 0.312. The van der Waals surface area contributed by atoms with Crippen molar-refractivity contribution < 1.29 is 9.53 Å². The maximum Gasteiger partial charge on any atom is 0.234 e. The molecular weight excluding hydrogens is 252 g/mol. The molecule has 0 aliphatic carbocycles. The Morgan fingerprint density at radius 3 is 3.00 bits per heavy atom. The van der Waals surface area contributed by atoms with Gasteiger partial charge in [0.25, 0.3) is 0 Å². The van der Waals surface area contributed by atoms with E-state index in [0.717, 1.165) is 34.9 Å². The summed E-state index contributed by atoms with van der Waals surface area (Å²) in [6.45, 7) is 0.691. The molecule has 1 aliphatic rings. The average molecular weight is 270 g/mol. The molecular formula is C16H18N2O2. The Balaban J connectivity index is 2.07. The Hall–Kier alpha value is -2.07. The van der Waals surface area contributed by atoms with Crippen LogP contribution in [0.25, 0.3) is 10.8 Å². The van der Waals surface area contributed by atoms with E-state index in [2.05, 4.69) is 23.5 Å². The van der Waals surface area contributed by atoms with Crippen molar-refractivity contribution >= 4 is 16.7 Å². The van der Waals surface area contributed by atoms with Crippen LogP contribution in [0, 0.1) is 0 Å². The monoisotopic (exact) mass is 270 g/mol.